The van der Waals surface area contributed by atoms with Crippen LogP contribution >= 0.6 is 0 Å². The first kappa shape index (κ1) is 13.5. The molecule has 1 aromatic heterocycles. The van der Waals surface area contributed by atoms with Gasteiger partial charge in [0.2, 0.25) is 0 Å². The summed E-state index contributed by atoms with van der Waals surface area (Å²) >= 11 is 0. The summed E-state index contributed by atoms with van der Waals surface area (Å²) < 4.78 is 1.99. The summed E-state index contributed by atoms with van der Waals surface area (Å²) in [7, 11) is 0. The van der Waals surface area contributed by atoms with Gasteiger partial charge in [0.25, 0.3) is 0 Å². The highest BCUT2D eigenvalue weighted by molar-refractivity contribution is 4.87. The van der Waals surface area contributed by atoms with E-state index in [1.165, 1.54) is 6.42 Å². The summed E-state index contributed by atoms with van der Waals surface area (Å²) in [4.78, 5) is 6.87. The standard InChI is InChI=1S/C13H25N5/c1-4-18-13(15-10-16-18)9-17-7-5-6-14-12(8-17)11(2)3/h10-12,14H,4-9H2,1-3H3. The van der Waals surface area contributed by atoms with Crippen molar-refractivity contribution in [2.24, 2.45) is 5.92 Å². The normalized spacial score (nSPS) is 22.3. The highest BCUT2D eigenvalue weighted by Crippen LogP contribution is 2.11. The lowest BCUT2D eigenvalue weighted by atomic mass is 10.0. The number of rotatable bonds is 4. The second-order valence-electron chi connectivity index (χ2n) is 5.39. The van der Waals surface area contributed by atoms with Gasteiger partial charge in [-0.15, -0.1) is 0 Å². The molecule has 0 radical (unpaired) electrons. The van der Waals surface area contributed by atoms with Crippen LogP contribution in [0.5, 0.6) is 0 Å². The van der Waals surface area contributed by atoms with Gasteiger partial charge in [-0.2, -0.15) is 5.10 Å². The van der Waals surface area contributed by atoms with Crippen molar-refractivity contribution in [2.45, 2.75) is 46.3 Å². The summed E-state index contributed by atoms with van der Waals surface area (Å²) in [5, 5.41) is 7.88. The second kappa shape index (κ2) is 6.29. The molecule has 1 aromatic rings. The Hall–Kier alpha value is -0.940. The molecule has 0 aliphatic carbocycles. The number of aromatic nitrogens is 3. The zero-order valence-corrected chi connectivity index (χ0v) is 11.8. The molecule has 1 atom stereocenters. The molecule has 2 heterocycles. The molecule has 2 rings (SSSR count). The van der Waals surface area contributed by atoms with E-state index in [4.69, 9.17) is 0 Å². The van der Waals surface area contributed by atoms with Crippen LogP contribution in [0.4, 0.5) is 0 Å². The molecule has 0 saturated carbocycles. The van der Waals surface area contributed by atoms with Gasteiger partial charge in [0, 0.05) is 19.1 Å². The van der Waals surface area contributed by atoms with Crippen LogP contribution in [0.15, 0.2) is 6.33 Å². The predicted molar refractivity (Wildman–Crippen MR) is 72.2 cm³/mol. The van der Waals surface area contributed by atoms with Gasteiger partial charge in [0.1, 0.15) is 12.2 Å². The van der Waals surface area contributed by atoms with E-state index in [0.717, 1.165) is 38.5 Å². The second-order valence-corrected chi connectivity index (χ2v) is 5.39. The quantitative estimate of drug-likeness (QED) is 0.871. The number of hydrogen-bond acceptors (Lipinski definition) is 4. The Kier molecular flexibility index (Phi) is 4.72. The van der Waals surface area contributed by atoms with Crippen molar-refractivity contribution in [2.75, 3.05) is 19.6 Å². The number of hydrogen-bond donors (Lipinski definition) is 1. The molecule has 18 heavy (non-hydrogen) atoms. The topological polar surface area (TPSA) is 46.0 Å². The molecule has 5 nitrogen and oxygen atoms in total. The molecule has 1 aliphatic heterocycles. The van der Waals surface area contributed by atoms with Gasteiger partial charge < -0.3 is 5.32 Å². The first-order valence-electron chi connectivity index (χ1n) is 7.03. The maximum atomic E-state index is 4.37. The Morgan fingerprint density at radius 3 is 3.06 bits per heavy atom. The van der Waals surface area contributed by atoms with E-state index < -0.39 is 0 Å². The van der Waals surface area contributed by atoms with Crippen molar-refractivity contribution in [3.8, 4) is 0 Å². The Bertz CT molecular complexity index is 360. The molecule has 0 aromatic carbocycles. The molecule has 1 N–H and O–H groups in total. The minimum Gasteiger partial charge on any atom is -0.312 e. The third-order valence-electron chi connectivity index (χ3n) is 3.68. The van der Waals surface area contributed by atoms with E-state index in [1.54, 1.807) is 6.33 Å². The van der Waals surface area contributed by atoms with Crippen molar-refractivity contribution in [1.29, 1.82) is 0 Å². The highest BCUT2D eigenvalue weighted by atomic mass is 15.3. The molecule has 1 unspecified atom stereocenters. The Morgan fingerprint density at radius 2 is 2.33 bits per heavy atom. The van der Waals surface area contributed by atoms with Gasteiger partial charge in [-0.1, -0.05) is 13.8 Å². The molecular formula is C13H25N5. The first-order chi connectivity index (χ1) is 8.70. The van der Waals surface area contributed by atoms with Gasteiger partial charge in [-0.25, -0.2) is 9.67 Å². The maximum absolute atomic E-state index is 4.37. The van der Waals surface area contributed by atoms with Crippen molar-refractivity contribution >= 4 is 0 Å². The van der Waals surface area contributed by atoms with Crippen LogP contribution < -0.4 is 5.32 Å². The third kappa shape index (κ3) is 3.29. The average Bonchev–Trinajstić information content (AvgIpc) is 2.65. The fourth-order valence-corrected chi connectivity index (χ4v) is 2.49. The van der Waals surface area contributed by atoms with Gasteiger partial charge in [-0.3, -0.25) is 4.90 Å². The summed E-state index contributed by atoms with van der Waals surface area (Å²) in [6.07, 6.45) is 2.87. The molecule has 1 fully saturated rings. The molecule has 102 valence electrons. The van der Waals surface area contributed by atoms with Crippen LogP contribution in [0.2, 0.25) is 0 Å². The lowest BCUT2D eigenvalue weighted by Gasteiger charge is -2.26. The third-order valence-corrected chi connectivity index (χ3v) is 3.68. The summed E-state index contributed by atoms with van der Waals surface area (Å²) in [6, 6.07) is 0.588. The van der Waals surface area contributed by atoms with E-state index in [1.807, 2.05) is 4.68 Å². The largest absolute Gasteiger partial charge is 0.312 e. The van der Waals surface area contributed by atoms with E-state index in [2.05, 4.69) is 41.1 Å². The number of nitrogens with one attached hydrogen (secondary N) is 1. The minimum atomic E-state index is 0.588. The van der Waals surface area contributed by atoms with Crippen LogP contribution in [-0.2, 0) is 13.1 Å². The molecule has 1 saturated heterocycles. The van der Waals surface area contributed by atoms with E-state index in [0.29, 0.717) is 12.0 Å². The fraction of sp³-hybridized carbons (Fsp3) is 0.846. The molecule has 5 heteroatoms. The Morgan fingerprint density at radius 1 is 1.50 bits per heavy atom. The molecule has 0 spiro atoms. The van der Waals surface area contributed by atoms with Crippen LogP contribution in [0.1, 0.15) is 33.0 Å². The van der Waals surface area contributed by atoms with E-state index >= 15 is 0 Å². The minimum absolute atomic E-state index is 0.588. The van der Waals surface area contributed by atoms with Crippen LogP contribution in [0.3, 0.4) is 0 Å². The Balaban J connectivity index is 1.99. The van der Waals surface area contributed by atoms with Crippen LogP contribution in [-0.4, -0.2) is 45.3 Å². The lowest BCUT2D eigenvalue weighted by Crippen LogP contribution is -2.41. The van der Waals surface area contributed by atoms with Crippen molar-refractivity contribution < 1.29 is 0 Å². The Labute approximate surface area is 110 Å². The molecule has 1 aliphatic rings. The van der Waals surface area contributed by atoms with E-state index in [9.17, 15) is 0 Å². The van der Waals surface area contributed by atoms with Gasteiger partial charge in [-0.05, 0) is 32.4 Å². The first-order valence-corrected chi connectivity index (χ1v) is 7.03. The summed E-state index contributed by atoms with van der Waals surface area (Å²) in [5.41, 5.74) is 0. The zero-order valence-electron chi connectivity index (χ0n) is 11.8. The van der Waals surface area contributed by atoms with Gasteiger partial charge in [0.05, 0.1) is 6.54 Å². The predicted octanol–water partition coefficient (Wildman–Crippen LogP) is 1.12. The molecular weight excluding hydrogens is 226 g/mol. The molecule has 0 amide bonds. The molecule has 0 bridgehead atoms. The van der Waals surface area contributed by atoms with Gasteiger partial charge in [0.15, 0.2) is 0 Å². The fourth-order valence-electron chi connectivity index (χ4n) is 2.49. The number of nitrogens with zero attached hydrogens (tertiary/aromatic N) is 4. The summed E-state index contributed by atoms with van der Waals surface area (Å²) in [6.45, 7) is 11.9. The smallest absolute Gasteiger partial charge is 0.140 e. The zero-order chi connectivity index (χ0) is 13.0. The average molecular weight is 251 g/mol. The van der Waals surface area contributed by atoms with Crippen LogP contribution in [0.25, 0.3) is 0 Å². The highest BCUT2D eigenvalue weighted by Gasteiger charge is 2.21. The van der Waals surface area contributed by atoms with E-state index in [-0.39, 0.29) is 0 Å². The maximum Gasteiger partial charge on any atom is 0.140 e. The van der Waals surface area contributed by atoms with Crippen molar-refractivity contribution in [1.82, 2.24) is 25.0 Å². The lowest BCUT2D eigenvalue weighted by molar-refractivity contribution is 0.230. The van der Waals surface area contributed by atoms with Crippen LogP contribution in [0, 0.1) is 5.92 Å². The van der Waals surface area contributed by atoms with Crippen molar-refractivity contribution in [3.05, 3.63) is 12.2 Å². The monoisotopic (exact) mass is 251 g/mol. The summed E-state index contributed by atoms with van der Waals surface area (Å²) in [5.74, 6) is 1.76. The number of aryl methyl sites for hydroxylation is 1. The van der Waals surface area contributed by atoms with Crippen molar-refractivity contribution in [3.63, 3.8) is 0 Å². The van der Waals surface area contributed by atoms with Gasteiger partial charge >= 0.3 is 0 Å². The SMILES string of the molecule is CCn1ncnc1CN1CCCNC(C(C)C)C1.